The molecule has 1 aromatic carbocycles. The molecule has 4 rings (SSSR count). The summed E-state index contributed by atoms with van der Waals surface area (Å²) in [6.45, 7) is 0.455. The van der Waals surface area contributed by atoms with Crippen molar-refractivity contribution < 1.29 is 9.90 Å². The fourth-order valence-corrected chi connectivity index (χ4v) is 4.44. The molecule has 1 aliphatic rings. The Labute approximate surface area is 160 Å². The summed E-state index contributed by atoms with van der Waals surface area (Å²) < 4.78 is 1.77. The van der Waals surface area contributed by atoms with Gasteiger partial charge in [-0.3, -0.25) is 9.36 Å². The fourth-order valence-electron chi connectivity index (χ4n) is 3.77. The number of aromatic nitrogens is 3. The van der Waals surface area contributed by atoms with E-state index in [2.05, 4.69) is 9.97 Å². The summed E-state index contributed by atoms with van der Waals surface area (Å²) in [6, 6.07) is 5.43. The number of aliphatic hydroxyl groups is 1. The number of amides is 1. The summed E-state index contributed by atoms with van der Waals surface area (Å²) in [5.74, 6) is -0.110. The maximum atomic E-state index is 12.7. The minimum Gasteiger partial charge on any atom is -0.393 e. The van der Waals surface area contributed by atoms with E-state index in [9.17, 15) is 14.7 Å². The molecule has 1 amide bonds. The lowest BCUT2D eigenvalue weighted by Crippen LogP contribution is -2.27. The SMILES string of the molecule is CN(Cc1nccs1)C(=O)c1ccc2c(c1)[nH]c(=O)n2C1CCC(O)CC1. The first-order chi connectivity index (χ1) is 13.0. The summed E-state index contributed by atoms with van der Waals surface area (Å²) in [5.41, 5.74) is 1.85. The number of H-pyrrole nitrogens is 1. The lowest BCUT2D eigenvalue weighted by atomic mass is 9.93. The molecule has 0 saturated heterocycles. The topological polar surface area (TPSA) is 91.2 Å². The molecule has 0 unspecified atom stereocenters. The zero-order valence-electron chi connectivity index (χ0n) is 15.1. The van der Waals surface area contributed by atoms with Gasteiger partial charge in [0.05, 0.1) is 23.7 Å². The van der Waals surface area contributed by atoms with E-state index in [1.807, 2.05) is 11.4 Å². The predicted octanol–water partition coefficient (Wildman–Crippen LogP) is 2.53. The van der Waals surface area contributed by atoms with Gasteiger partial charge in [-0.2, -0.15) is 0 Å². The average molecular weight is 386 g/mol. The minimum absolute atomic E-state index is 0.0868. The smallest absolute Gasteiger partial charge is 0.326 e. The van der Waals surface area contributed by atoms with E-state index in [0.29, 0.717) is 30.5 Å². The van der Waals surface area contributed by atoms with Crippen molar-refractivity contribution in [3.63, 3.8) is 0 Å². The van der Waals surface area contributed by atoms with Crippen LogP contribution < -0.4 is 5.69 Å². The Bertz CT molecular complexity index is 1000. The highest BCUT2D eigenvalue weighted by atomic mass is 32.1. The molecule has 0 atom stereocenters. The normalized spacial score (nSPS) is 20.1. The van der Waals surface area contributed by atoms with E-state index < -0.39 is 0 Å². The average Bonchev–Trinajstić information content (AvgIpc) is 3.28. The molecule has 142 valence electrons. The number of aromatic amines is 1. The van der Waals surface area contributed by atoms with Crippen molar-refractivity contribution in [2.24, 2.45) is 0 Å². The Kier molecular flexibility index (Phi) is 4.84. The van der Waals surface area contributed by atoms with Gasteiger partial charge in [-0.15, -0.1) is 11.3 Å². The molecule has 3 aromatic rings. The van der Waals surface area contributed by atoms with Crippen LogP contribution in [0.5, 0.6) is 0 Å². The summed E-state index contributed by atoms with van der Waals surface area (Å²) in [6.07, 6.45) is 4.45. The highest BCUT2D eigenvalue weighted by molar-refractivity contribution is 7.09. The number of hydrogen-bond donors (Lipinski definition) is 2. The third-order valence-electron chi connectivity index (χ3n) is 5.20. The molecule has 2 aromatic heterocycles. The second kappa shape index (κ2) is 7.28. The van der Waals surface area contributed by atoms with Crippen LogP contribution in [0.4, 0.5) is 0 Å². The van der Waals surface area contributed by atoms with E-state index in [-0.39, 0.29) is 23.7 Å². The fraction of sp³-hybridized carbons (Fsp3) is 0.421. The molecule has 7 nitrogen and oxygen atoms in total. The van der Waals surface area contributed by atoms with Crippen LogP contribution in [0, 0.1) is 0 Å². The highest BCUT2D eigenvalue weighted by Gasteiger charge is 2.24. The third-order valence-corrected chi connectivity index (χ3v) is 5.96. The zero-order chi connectivity index (χ0) is 19.0. The van der Waals surface area contributed by atoms with Gasteiger partial charge in [0.1, 0.15) is 5.01 Å². The Morgan fingerprint density at radius 1 is 1.37 bits per heavy atom. The lowest BCUT2D eigenvalue weighted by molar-refractivity contribution is 0.0785. The monoisotopic (exact) mass is 386 g/mol. The van der Waals surface area contributed by atoms with E-state index in [0.717, 1.165) is 23.4 Å². The van der Waals surface area contributed by atoms with Crippen LogP contribution in [0.1, 0.15) is 47.1 Å². The number of carbonyl (C=O) groups excluding carboxylic acids is 1. The Morgan fingerprint density at radius 2 is 2.15 bits per heavy atom. The standard InChI is InChI=1S/C19H22N4O3S/c1-22(11-17-20-8-9-27-17)18(25)12-2-7-16-15(10-12)21-19(26)23(16)13-3-5-14(24)6-4-13/h2,7-10,13-14,24H,3-6,11H2,1H3,(H,21,26). The van der Waals surface area contributed by atoms with Crippen LogP contribution in [0.3, 0.4) is 0 Å². The van der Waals surface area contributed by atoms with Gasteiger partial charge in [0.25, 0.3) is 5.91 Å². The predicted molar refractivity (Wildman–Crippen MR) is 104 cm³/mol. The molecule has 27 heavy (non-hydrogen) atoms. The molecule has 8 heteroatoms. The molecule has 0 radical (unpaired) electrons. The van der Waals surface area contributed by atoms with Crippen LogP contribution in [-0.4, -0.2) is 43.6 Å². The van der Waals surface area contributed by atoms with Gasteiger partial charge < -0.3 is 15.0 Å². The van der Waals surface area contributed by atoms with E-state index in [4.69, 9.17) is 0 Å². The number of thiazole rings is 1. The summed E-state index contributed by atoms with van der Waals surface area (Å²) >= 11 is 1.51. The second-order valence-electron chi connectivity index (χ2n) is 7.08. The summed E-state index contributed by atoms with van der Waals surface area (Å²) in [4.78, 5) is 33.9. The number of carbonyl (C=O) groups is 1. The Morgan fingerprint density at radius 3 is 2.85 bits per heavy atom. The molecule has 0 aliphatic heterocycles. The van der Waals surface area contributed by atoms with Crippen LogP contribution in [-0.2, 0) is 6.54 Å². The van der Waals surface area contributed by atoms with Crippen LogP contribution >= 0.6 is 11.3 Å². The first-order valence-corrected chi connectivity index (χ1v) is 9.97. The molecule has 1 aliphatic carbocycles. The van der Waals surface area contributed by atoms with Crippen LogP contribution in [0.15, 0.2) is 34.6 Å². The molecule has 0 bridgehead atoms. The quantitative estimate of drug-likeness (QED) is 0.721. The zero-order valence-corrected chi connectivity index (χ0v) is 15.9. The molecular formula is C19H22N4O3S. The number of benzene rings is 1. The molecule has 1 fully saturated rings. The van der Waals surface area contributed by atoms with Crippen LogP contribution in [0.25, 0.3) is 11.0 Å². The van der Waals surface area contributed by atoms with Crippen molar-refractivity contribution >= 4 is 28.3 Å². The highest BCUT2D eigenvalue weighted by Crippen LogP contribution is 2.30. The number of hydrogen-bond acceptors (Lipinski definition) is 5. The van der Waals surface area contributed by atoms with Gasteiger partial charge >= 0.3 is 5.69 Å². The van der Waals surface area contributed by atoms with E-state index >= 15 is 0 Å². The molecule has 2 heterocycles. The largest absolute Gasteiger partial charge is 0.393 e. The van der Waals surface area contributed by atoms with Crippen molar-refractivity contribution in [3.05, 3.63) is 50.8 Å². The summed E-state index contributed by atoms with van der Waals surface area (Å²) in [5, 5.41) is 12.5. The van der Waals surface area contributed by atoms with Gasteiger partial charge in [-0.25, -0.2) is 9.78 Å². The number of nitrogens with one attached hydrogen (secondary N) is 1. The minimum atomic E-state index is -0.264. The van der Waals surface area contributed by atoms with E-state index in [1.165, 1.54) is 11.3 Å². The van der Waals surface area contributed by atoms with Gasteiger partial charge in [0.15, 0.2) is 0 Å². The van der Waals surface area contributed by atoms with Crippen molar-refractivity contribution in [1.82, 2.24) is 19.4 Å². The number of nitrogens with zero attached hydrogens (tertiary/aromatic N) is 3. The van der Waals surface area contributed by atoms with Crippen LogP contribution in [0.2, 0.25) is 0 Å². The number of rotatable bonds is 4. The van der Waals surface area contributed by atoms with Crippen molar-refractivity contribution in [1.29, 1.82) is 0 Å². The van der Waals surface area contributed by atoms with Crippen molar-refractivity contribution in [2.45, 2.75) is 44.4 Å². The molecule has 1 saturated carbocycles. The number of imidazole rings is 1. The number of aliphatic hydroxyl groups excluding tert-OH is 1. The van der Waals surface area contributed by atoms with Crippen molar-refractivity contribution in [3.8, 4) is 0 Å². The second-order valence-corrected chi connectivity index (χ2v) is 8.06. The summed E-state index contributed by atoms with van der Waals surface area (Å²) in [7, 11) is 1.75. The first kappa shape index (κ1) is 17.9. The maximum Gasteiger partial charge on any atom is 0.326 e. The maximum absolute atomic E-state index is 12.7. The van der Waals surface area contributed by atoms with Gasteiger partial charge in [0, 0.05) is 30.2 Å². The van der Waals surface area contributed by atoms with Crippen molar-refractivity contribution in [2.75, 3.05) is 7.05 Å². The Balaban J connectivity index is 1.59. The van der Waals surface area contributed by atoms with E-state index in [1.54, 1.807) is 34.8 Å². The van der Waals surface area contributed by atoms with Gasteiger partial charge in [0.2, 0.25) is 0 Å². The molecule has 2 N–H and O–H groups in total. The van der Waals surface area contributed by atoms with Gasteiger partial charge in [-0.05, 0) is 43.9 Å². The molecular weight excluding hydrogens is 364 g/mol. The number of fused-ring (bicyclic) bond motifs is 1. The Hall–Kier alpha value is -2.45. The first-order valence-electron chi connectivity index (χ1n) is 9.09. The molecule has 0 spiro atoms. The van der Waals surface area contributed by atoms with Gasteiger partial charge in [-0.1, -0.05) is 0 Å². The lowest BCUT2D eigenvalue weighted by Gasteiger charge is -2.26. The third kappa shape index (κ3) is 3.54.